The van der Waals surface area contributed by atoms with Crippen molar-refractivity contribution in [3.8, 4) is 11.5 Å². The van der Waals surface area contributed by atoms with E-state index >= 15 is 0 Å². The standard InChI is InChI=1S/C53H50ClN3O11S/c1-61-30-32-63-35-65-44-29-28-42(45(54)49(44)66-36-64-33-31-62-2)48(51(60)67-47(37-18-8-3-9-19-37)38-20-10-4-11-21-38)68-57-46(50(58)59)43-34-69-52(55-43)56-53(39-22-12-5-13-23-39,40-24-14-6-15-25-40)41-26-16-7-17-27-41/h3-29,34,47-48H,30-33,35-36H2,1-2H3,(H,55,56)(H,58,59). The van der Waals surface area contributed by atoms with Crippen LogP contribution in [0.5, 0.6) is 11.5 Å². The number of nitrogens with one attached hydrogen (secondary N) is 1. The number of carbonyl (C=O) groups is 2. The summed E-state index contributed by atoms with van der Waals surface area (Å²) in [7, 11) is 3.09. The molecule has 0 aliphatic heterocycles. The number of benzene rings is 6. The minimum Gasteiger partial charge on any atom is -0.476 e. The molecule has 356 valence electrons. The molecule has 0 aliphatic rings. The van der Waals surface area contributed by atoms with Gasteiger partial charge in [0.2, 0.25) is 5.71 Å². The number of oxime groups is 1. The molecule has 7 rings (SSSR count). The van der Waals surface area contributed by atoms with Gasteiger partial charge in [-0.1, -0.05) is 168 Å². The largest absolute Gasteiger partial charge is 0.476 e. The number of hydrogen-bond acceptors (Lipinski definition) is 14. The fourth-order valence-electron chi connectivity index (χ4n) is 7.28. The predicted molar refractivity (Wildman–Crippen MR) is 262 cm³/mol. The lowest BCUT2D eigenvalue weighted by atomic mass is 9.77. The van der Waals surface area contributed by atoms with E-state index in [2.05, 4.69) is 10.5 Å². The first kappa shape index (κ1) is 49.8. The zero-order valence-corrected chi connectivity index (χ0v) is 39.3. The van der Waals surface area contributed by atoms with Crippen LogP contribution in [0.2, 0.25) is 5.02 Å². The van der Waals surface area contributed by atoms with E-state index in [-0.39, 0.29) is 54.6 Å². The summed E-state index contributed by atoms with van der Waals surface area (Å²) in [6.07, 6.45) is -2.69. The molecule has 16 heteroatoms. The monoisotopic (exact) mass is 971 g/mol. The molecule has 69 heavy (non-hydrogen) atoms. The molecule has 2 N–H and O–H groups in total. The van der Waals surface area contributed by atoms with Crippen molar-refractivity contribution < 1.29 is 52.7 Å². The number of carbonyl (C=O) groups excluding carboxylic acids is 1. The predicted octanol–water partition coefficient (Wildman–Crippen LogP) is 10.1. The van der Waals surface area contributed by atoms with Gasteiger partial charge in [0.25, 0.3) is 6.10 Å². The SMILES string of the molecule is COCCOCOc1ccc(C(ON=C(C(=O)O)c2csc(NC(c3ccccc3)(c3ccccc3)c3ccccc3)n2)C(=O)OC(c2ccccc2)c2ccccc2)c(Cl)c1OCOCCOC. The van der Waals surface area contributed by atoms with Gasteiger partial charge in [-0.25, -0.2) is 14.6 Å². The van der Waals surface area contributed by atoms with Gasteiger partial charge in [-0.2, -0.15) is 0 Å². The zero-order chi connectivity index (χ0) is 48.3. The Morgan fingerprint density at radius 2 is 1.17 bits per heavy atom. The number of nitrogens with zero attached hydrogens (tertiary/aromatic N) is 2. The van der Waals surface area contributed by atoms with Crippen molar-refractivity contribution in [2.75, 3.05) is 59.5 Å². The highest BCUT2D eigenvalue weighted by Gasteiger charge is 2.38. The van der Waals surface area contributed by atoms with Gasteiger partial charge in [0.1, 0.15) is 11.2 Å². The van der Waals surface area contributed by atoms with Crippen molar-refractivity contribution in [1.82, 2.24) is 4.98 Å². The summed E-state index contributed by atoms with van der Waals surface area (Å²) < 4.78 is 39.4. The van der Waals surface area contributed by atoms with Crippen molar-refractivity contribution in [1.29, 1.82) is 0 Å². The third kappa shape index (κ3) is 12.7. The number of aromatic nitrogens is 1. The van der Waals surface area contributed by atoms with Gasteiger partial charge in [0, 0.05) is 25.2 Å². The maximum absolute atomic E-state index is 14.7. The highest BCUT2D eigenvalue weighted by atomic mass is 35.5. The summed E-state index contributed by atoms with van der Waals surface area (Å²) in [5.74, 6) is -2.32. The molecule has 0 bridgehead atoms. The van der Waals surface area contributed by atoms with Crippen molar-refractivity contribution in [3.63, 3.8) is 0 Å². The Hall–Kier alpha value is -7.11. The molecule has 0 fully saturated rings. The van der Waals surface area contributed by atoms with Gasteiger partial charge in [-0.3, -0.25) is 0 Å². The minimum atomic E-state index is -1.77. The van der Waals surface area contributed by atoms with Gasteiger partial charge in [-0.05, 0) is 39.9 Å². The molecule has 0 radical (unpaired) electrons. The second-order valence-electron chi connectivity index (χ2n) is 15.0. The lowest BCUT2D eigenvalue weighted by Crippen LogP contribution is -2.38. The normalized spacial score (nSPS) is 12.0. The number of hydrogen-bond donors (Lipinski definition) is 2. The average molecular weight is 973 g/mol. The average Bonchev–Trinajstić information content (AvgIpc) is 3.85. The molecule has 1 heterocycles. The molecule has 0 saturated heterocycles. The molecular weight excluding hydrogens is 922 g/mol. The Morgan fingerprint density at radius 3 is 1.67 bits per heavy atom. The van der Waals surface area contributed by atoms with Gasteiger partial charge in [0.15, 0.2) is 36.3 Å². The van der Waals surface area contributed by atoms with Gasteiger partial charge in [0.05, 0.1) is 31.5 Å². The zero-order valence-electron chi connectivity index (χ0n) is 37.8. The number of anilines is 1. The van der Waals surface area contributed by atoms with Crippen molar-refractivity contribution in [2.45, 2.75) is 17.7 Å². The molecule has 1 aromatic heterocycles. The molecular formula is C53H50ClN3O11S. The molecule has 7 aromatic rings. The van der Waals surface area contributed by atoms with E-state index in [9.17, 15) is 14.7 Å². The maximum Gasteiger partial charge on any atom is 0.360 e. The smallest absolute Gasteiger partial charge is 0.360 e. The van der Waals surface area contributed by atoms with Crippen LogP contribution in [0, 0.1) is 0 Å². The van der Waals surface area contributed by atoms with E-state index in [1.165, 1.54) is 30.6 Å². The Labute approximate surface area is 408 Å². The van der Waals surface area contributed by atoms with E-state index in [1.54, 1.807) is 12.5 Å². The number of methoxy groups -OCH3 is 2. The molecule has 0 aliphatic carbocycles. The third-order valence-corrected chi connectivity index (χ3v) is 11.7. The summed E-state index contributed by atoms with van der Waals surface area (Å²) in [4.78, 5) is 38.7. The summed E-state index contributed by atoms with van der Waals surface area (Å²) in [6.45, 7) is 0.607. The van der Waals surface area contributed by atoms with Gasteiger partial charge >= 0.3 is 11.9 Å². The third-order valence-electron chi connectivity index (χ3n) is 10.6. The molecule has 0 spiro atoms. The Morgan fingerprint density at radius 1 is 0.681 bits per heavy atom. The first-order valence-electron chi connectivity index (χ1n) is 21.7. The number of thiazole rings is 1. The van der Waals surface area contributed by atoms with Crippen molar-refractivity contribution in [3.05, 3.63) is 213 Å². The fourth-order valence-corrected chi connectivity index (χ4v) is 8.34. The summed E-state index contributed by atoms with van der Waals surface area (Å²) in [5, 5.41) is 20.3. The molecule has 0 amide bonds. The highest BCUT2D eigenvalue weighted by molar-refractivity contribution is 7.14. The maximum atomic E-state index is 14.7. The number of aliphatic carboxylic acids is 1. The first-order valence-corrected chi connectivity index (χ1v) is 23.0. The molecule has 6 aromatic carbocycles. The van der Waals surface area contributed by atoms with Gasteiger partial charge in [-0.15, -0.1) is 11.3 Å². The van der Waals surface area contributed by atoms with Crippen LogP contribution in [0.4, 0.5) is 5.13 Å². The first-order chi connectivity index (χ1) is 33.8. The van der Waals surface area contributed by atoms with Crippen LogP contribution in [0.25, 0.3) is 0 Å². The molecule has 1 unspecified atom stereocenters. The van der Waals surface area contributed by atoms with Crippen LogP contribution >= 0.6 is 22.9 Å². The molecule has 0 saturated carbocycles. The van der Waals surface area contributed by atoms with Crippen LogP contribution in [0.15, 0.2) is 174 Å². The number of esters is 1. The quantitative estimate of drug-likeness (QED) is 0.0132. The summed E-state index contributed by atoms with van der Waals surface area (Å²) in [6, 6.07) is 50.9. The number of halogens is 1. The Bertz CT molecular complexity index is 2580. The van der Waals surface area contributed by atoms with Crippen LogP contribution < -0.4 is 14.8 Å². The number of carboxylic acid groups (broad SMARTS) is 1. The van der Waals surface area contributed by atoms with Crippen LogP contribution in [-0.4, -0.2) is 82.0 Å². The molecule has 14 nitrogen and oxygen atoms in total. The van der Waals surface area contributed by atoms with E-state index in [1.807, 2.05) is 152 Å². The van der Waals surface area contributed by atoms with Crippen LogP contribution in [0.3, 0.4) is 0 Å². The van der Waals surface area contributed by atoms with E-state index in [0.29, 0.717) is 29.5 Å². The number of ether oxygens (including phenoxy) is 7. The highest BCUT2D eigenvalue weighted by Crippen LogP contribution is 2.43. The van der Waals surface area contributed by atoms with Crippen LogP contribution in [0.1, 0.15) is 51.3 Å². The van der Waals surface area contributed by atoms with E-state index < -0.39 is 35.4 Å². The summed E-state index contributed by atoms with van der Waals surface area (Å²) in [5.41, 5.74) is 2.46. The number of carboxylic acids is 1. The fraction of sp³-hybridized carbons (Fsp3) is 0.208. The Balaban J connectivity index is 1.28. The minimum absolute atomic E-state index is 0.00794. The second kappa shape index (κ2) is 25.3. The lowest BCUT2D eigenvalue weighted by Gasteiger charge is -2.36. The topological polar surface area (TPSA) is 165 Å². The second-order valence-corrected chi connectivity index (χ2v) is 16.2. The van der Waals surface area contributed by atoms with Crippen molar-refractivity contribution in [2.24, 2.45) is 5.16 Å². The Kier molecular flexibility index (Phi) is 18.3. The van der Waals surface area contributed by atoms with E-state index in [4.69, 9.17) is 54.6 Å². The number of rotatable bonds is 26. The summed E-state index contributed by atoms with van der Waals surface area (Å²) >= 11 is 8.29. The van der Waals surface area contributed by atoms with Gasteiger partial charge < -0.3 is 48.4 Å². The van der Waals surface area contributed by atoms with E-state index in [0.717, 1.165) is 16.7 Å². The molecule has 1 atom stereocenters. The van der Waals surface area contributed by atoms with Crippen molar-refractivity contribution >= 4 is 45.7 Å². The van der Waals surface area contributed by atoms with Crippen LogP contribution in [-0.2, 0) is 43.6 Å². The lowest BCUT2D eigenvalue weighted by molar-refractivity contribution is -0.162.